The average molecular weight is 283 g/mol. The second-order valence-corrected chi connectivity index (χ2v) is 5.01. The number of carbonyl (C=O) groups excluding carboxylic acids is 1. The molecule has 0 aliphatic heterocycles. The molecule has 5 heteroatoms. The lowest BCUT2D eigenvalue weighted by Gasteiger charge is -2.18. The molecule has 1 N–H and O–H groups in total. The number of hydrogen-bond donors (Lipinski definition) is 1. The average Bonchev–Trinajstić information content (AvgIpc) is 2.54. The first-order valence-electron chi connectivity index (χ1n) is 7.12. The van der Waals surface area contributed by atoms with Crippen molar-refractivity contribution in [1.82, 2.24) is 9.97 Å². The van der Waals surface area contributed by atoms with E-state index in [2.05, 4.69) is 15.3 Å². The Hall–Kier alpha value is -2.43. The van der Waals surface area contributed by atoms with Crippen LogP contribution in [0.4, 0.5) is 5.69 Å². The summed E-state index contributed by atoms with van der Waals surface area (Å²) in [7, 11) is 0. The van der Waals surface area contributed by atoms with Gasteiger partial charge in [0.1, 0.15) is 5.75 Å². The predicted octanol–water partition coefficient (Wildman–Crippen LogP) is 2.37. The molecule has 0 unspecified atom stereocenters. The van der Waals surface area contributed by atoms with Crippen molar-refractivity contribution in [3.63, 3.8) is 0 Å². The number of anilines is 1. The number of aromatic nitrogens is 2. The highest BCUT2D eigenvalue weighted by molar-refractivity contribution is 5.91. The fourth-order valence-corrected chi connectivity index (χ4v) is 2.50. The lowest BCUT2D eigenvalue weighted by Crippen LogP contribution is -2.21. The van der Waals surface area contributed by atoms with Crippen molar-refractivity contribution in [3.8, 4) is 5.75 Å². The third-order valence-electron chi connectivity index (χ3n) is 3.52. The molecule has 1 amide bonds. The zero-order valence-electron chi connectivity index (χ0n) is 11.7. The van der Waals surface area contributed by atoms with Gasteiger partial charge < -0.3 is 10.1 Å². The molecule has 0 atom stereocenters. The second-order valence-electron chi connectivity index (χ2n) is 5.01. The van der Waals surface area contributed by atoms with Gasteiger partial charge in [0.05, 0.1) is 0 Å². The maximum absolute atomic E-state index is 11.9. The summed E-state index contributed by atoms with van der Waals surface area (Å²) in [6, 6.07) is 5.32. The quantitative estimate of drug-likeness (QED) is 0.935. The van der Waals surface area contributed by atoms with Gasteiger partial charge in [-0.15, -0.1) is 0 Å². The summed E-state index contributed by atoms with van der Waals surface area (Å²) in [5.41, 5.74) is 2.98. The first-order valence-corrected chi connectivity index (χ1v) is 7.12. The van der Waals surface area contributed by atoms with Crippen molar-refractivity contribution in [2.24, 2.45) is 0 Å². The van der Waals surface area contributed by atoms with E-state index in [1.54, 1.807) is 30.7 Å². The topological polar surface area (TPSA) is 64.1 Å². The standard InChI is InChI=1S/C16H17N3O2/c20-16(19-12-5-8-17-9-6-12)11-21-15-7-10-18-14-4-2-1-3-13(14)15/h5-10H,1-4,11H2,(H,17,19,20). The van der Waals surface area contributed by atoms with Crippen molar-refractivity contribution in [1.29, 1.82) is 0 Å². The number of hydrogen-bond acceptors (Lipinski definition) is 4. The number of amides is 1. The maximum atomic E-state index is 11.9. The van der Waals surface area contributed by atoms with E-state index in [0.717, 1.165) is 42.0 Å². The zero-order chi connectivity index (χ0) is 14.5. The monoisotopic (exact) mass is 283 g/mol. The van der Waals surface area contributed by atoms with Crippen molar-refractivity contribution in [2.45, 2.75) is 25.7 Å². The number of pyridine rings is 2. The summed E-state index contributed by atoms with van der Waals surface area (Å²) in [4.78, 5) is 20.2. The van der Waals surface area contributed by atoms with E-state index in [0.29, 0.717) is 0 Å². The van der Waals surface area contributed by atoms with Crippen LogP contribution in [-0.2, 0) is 17.6 Å². The first-order chi connectivity index (χ1) is 10.3. The van der Waals surface area contributed by atoms with Gasteiger partial charge >= 0.3 is 0 Å². The van der Waals surface area contributed by atoms with Gasteiger partial charge in [0.2, 0.25) is 0 Å². The Kier molecular flexibility index (Phi) is 4.09. The molecule has 21 heavy (non-hydrogen) atoms. The molecule has 3 rings (SSSR count). The minimum atomic E-state index is -0.178. The molecular formula is C16H17N3O2. The van der Waals surface area contributed by atoms with Gasteiger partial charge in [-0.05, 0) is 43.9 Å². The van der Waals surface area contributed by atoms with Crippen LogP contribution in [0.2, 0.25) is 0 Å². The van der Waals surface area contributed by atoms with E-state index >= 15 is 0 Å². The number of carbonyl (C=O) groups is 1. The van der Waals surface area contributed by atoms with Crippen LogP contribution in [0.1, 0.15) is 24.1 Å². The predicted molar refractivity (Wildman–Crippen MR) is 79.2 cm³/mol. The number of ether oxygens (including phenoxy) is 1. The molecule has 0 saturated heterocycles. The molecular weight excluding hydrogens is 266 g/mol. The highest BCUT2D eigenvalue weighted by Gasteiger charge is 2.15. The minimum absolute atomic E-state index is 0.00121. The molecule has 0 bridgehead atoms. The molecule has 0 spiro atoms. The van der Waals surface area contributed by atoms with Crippen LogP contribution in [0.3, 0.4) is 0 Å². The molecule has 1 aliphatic rings. The first kappa shape index (κ1) is 13.5. The highest BCUT2D eigenvalue weighted by atomic mass is 16.5. The molecule has 2 aromatic rings. The summed E-state index contributed by atoms with van der Waals surface area (Å²) < 4.78 is 5.67. The van der Waals surface area contributed by atoms with Crippen LogP contribution in [0.25, 0.3) is 0 Å². The molecule has 2 heterocycles. The highest BCUT2D eigenvalue weighted by Crippen LogP contribution is 2.27. The molecule has 0 saturated carbocycles. The van der Waals surface area contributed by atoms with E-state index in [-0.39, 0.29) is 12.5 Å². The molecule has 0 fully saturated rings. The van der Waals surface area contributed by atoms with Gasteiger partial charge in [0.25, 0.3) is 5.91 Å². The van der Waals surface area contributed by atoms with Crippen molar-refractivity contribution < 1.29 is 9.53 Å². The molecule has 1 aliphatic carbocycles. The normalized spacial score (nSPS) is 13.3. The Morgan fingerprint density at radius 1 is 1.14 bits per heavy atom. The van der Waals surface area contributed by atoms with Crippen LogP contribution in [0.5, 0.6) is 5.75 Å². The Morgan fingerprint density at radius 2 is 1.95 bits per heavy atom. The largest absolute Gasteiger partial charge is 0.483 e. The Balaban J connectivity index is 1.61. The van der Waals surface area contributed by atoms with Gasteiger partial charge in [-0.1, -0.05) is 0 Å². The fourth-order valence-electron chi connectivity index (χ4n) is 2.50. The molecule has 0 aromatic carbocycles. The third-order valence-corrected chi connectivity index (χ3v) is 3.52. The number of nitrogens with zero attached hydrogens (tertiary/aromatic N) is 2. The van der Waals surface area contributed by atoms with Gasteiger partial charge in [0.15, 0.2) is 6.61 Å². The zero-order valence-corrected chi connectivity index (χ0v) is 11.7. The van der Waals surface area contributed by atoms with Crippen LogP contribution < -0.4 is 10.1 Å². The number of nitrogens with one attached hydrogen (secondary N) is 1. The lowest BCUT2D eigenvalue weighted by atomic mass is 9.95. The second kappa shape index (κ2) is 6.35. The van der Waals surface area contributed by atoms with Crippen molar-refractivity contribution >= 4 is 11.6 Å². The van der Waals surface area contributed by atoms with Crippen molar-refractivity contribution in [3.05, 3.63) is 48.0 Å². The van der Waals surface area contributed by atoms with E-state index in [4.69, 9.17) is 4.74 Å². The van der Waals surface area contributed by atoms with E-state index < -0.39 is 0 Å². The third kappa shape index (κ3) is 3.37. The summed E-state index contributed by atoms with van der Waals surface area (Å²) in [6.07, 6.45) is 9.32. The van der Waals surface area contributed by atoms with Gasteiger partial charge in [-0.2, -0.15) is 0 Å². The van der Waals surface area contributed by atoms with Gasteiger partial charge in [-0.3, -0.25) is 14.8 Å². The summed E-state index contributed by atoms with van der Waals surface area (Å²) >= 11 is 0. The number of fused-ring (bicyclic) bond motifs is 1. The summed E-state index contributed by atoms with van der Waals surface area (Å²) in [5, 5.41) is 2.77. The maximum Gasteiger partial charge on any atom is 0.262 e. The van der Waals surface area contributed by atoms with E-state index in [1.165, 1.54) is 6.42 Å². The number of aryl methyl sites for hydroxylation is 1. The molecule has 108 valence electrons. The summed E-state index contributed by atoms with van der Waals surface area (Å²) in [6.45, 7) is -0.00121. The van der Waals surface area contributed by atoms with Crippen LogP contribution in [0, 0.1) is 0 Å². The van der Waals surface area contributed by atoms with Crippen LogP contribution >= 0.6 is 0 Å². The molecule has 2 aromatic heterocycles. The lowest BCUT2D eigenvalue weighted by molar-refractivity contribution is -0.118. The van der Waals surface area contributed by atoms with E-state index in [9.17, 15) is 4.79 Å². The Labute approximate surface area is 123 Å². The minimum Gasteiger partial charge on any atom is -0.483 e. The Bertz CT molecular complexity index is 629. The smallest absolute Gasteiger partial charge is 0.262 e. The summed E-state index contributed by atoms with van der Waals surface area (Å²) in [5.74, 6) is 0.604. The van der Waals surface area contributed by atoms with Crippen LogP contribution in [0.15, 0.2) is 36.8 Å². The Morgan fingerprint density at radius 3 is 2.81 bits per heavy atom. The van der Waals surface area contributed by atoms with Gasteiger partial charge in [-0.25, -0.2) is 0 Å². The van der Waals surface area contributed by atoms with E-state index in [1.807, 2.05) is 6.07 Å². The number of rotatable bonds is 4. The van der Waals surface area contributed by atoms with Crippen LogP contribution in [-0.4, -0.2) is 22.5 Å². The SMILES string of the molecule is O=C(COc1ccnc2c1CCCC2)Nc1ccncc1. The van der Waals surface area contributed by atoms with Gasteiger partial charge in [0, 0.05) is 35.5 Å². The molecule has 0 radical (unpaired) electrons. The molecule has 5 nitrogen and oxygen atoms in total. The van der Waals surface area contributed by atoms with Crippen molar-refractivity contribution in [2.75, 3.05) is 11.9 Å². The fraction of sp³-hybridized carbons (Fsp3) is 0.312.